The molecule has 0 unspecified atom stereocenters. The van der Waals surface area contributed by atoms with Crippen LogP contribution >= 0.6 is 0 Å². The van der Waals surface area contributed by atoms with Gasteiger partial charge < -0.3 is 15.0 Å². The van der Waals surface area contributed by atoms with E-state index in [0.29, 0.717) is 13.2 Å². The molecule has 0 fully saturated rings. The lowest BCUT2D eigenvalue weighted by Gasteiger charge is -2.05. The highest BCUT2D eigenvalue weighted by Crippen LogP contribution is 2.19. The van der Waals surface area contributed by atoms with E-state index < -0.39 is 0 Å². The maximum atomic E-state index is 5.39. The largest absolute Gasteiger partial charge is 0.492 e. The minimum atomic E-state index is 0.519. The van der Waals surface area contributed by atoms with Crippen molar-refractivity contribution in [3.05, 3.63) is 30.6 Å². The SMILES string of the molecule is Cn1cnnc1-c1ccc(OCCN)cc1. The van der Waals surface area contributed by atoms with Crippen LogP contribution in [0.4, 0.5) is 0 Å². The second-order valence-corrected chi connectivity index (χ2v) is 3.43. The molecule has 0 aliphatic carbocycles. The Balaban J connectivity index is 2.16. The highest BCUT2D eigenvalue weighted by atomic mass is 16.5. The first-order valence-electron chi connectivity index (χ1n) is 5.08. The molecule has 5 heteroatoms. The number of ether oxygens (including phenoxy) is 1. The monoisotopic (exact) mass is 218 g/mol. The summed E-state index contributed by atoms with van der Waals surface area (Å²) in [4.78, 5) is 0. The first-order chi connectivity index (χ1) is 7.81. The topological polar surface area (TPSA) is 66.0 Å². The van der Waals surface area contributed by atoms with E-state index >= 15 is 0 Å². The van der Waals surface area contributed by atoms with E-state index in [4.69, 9.17) is 10.5 Å². The van der Waals surface area contributed by atoms with Crippen LogP contribution in [0.3, 0.4) is 0 Å². The summed E-state index contributed by atoms with van der Waals surface area (Å²) in [5.74, 6) is 1.65. The molecule has 0 aliphatic heterocycles. The average Bonchev–Trinajstić information content (AvgIpc) is 2.74. The van der Waals surface area contributed by atoms with E-state index in [9.17, 15) is 0 Å². The molecule has 1 heterocycles. The van der Waals surface area contributed by atoms with Crippen LogP contribution < -0.4 is 10.5 Å². The Morgan fingerprint density at radius 2 is 2.06 bits per heavy atom. The highest BCUT2D eigenvalue weighted by molar-refractivity contribution is 5.56. The molecular formula is C11H14N4O. The van der Waals surface area contributed by atoms with Crippen molar-refractivity contribution in [3.63, 3.8) is 0 Å². The van der Waals surface area contributed by atoms with E-state index in [1.165, 1.54) is 0 Å². The van der Waals surface area contributed by atoms with Crippen LogP contribution in [0.2, 0.25) is 0 Å². The summed E-state index contributed by atoms with van der Waals surface area (Å²) in [6.45, 7) is 1.05. The Hall–Kier alpha value is -1.88. The van der Waals surface area contributed by atoms with E-state index in [1.54, 1.807) is 6.33 Å². The summed E-state index contributed by atoms with van der Waals surface area (Å²) < 4.78 is 7.26. The van der Waals surface area contributed by atoms with Gasteiger partial charge in [-0.3, -0.25) is 0 Å². The fourth-order valence-electron chi connectivity index (χ4n) is 1.42. The van der Waals surface area contributed by atoms with Crippen LogP contribution in [-0.4, -0.2) is 27.9 Å². The normalized spacial score (nSPS) is 10.4. The van der Waals surface area contributed by atoms with Gasteiger partial charge in [-0.25, -0.2) is 0 Å². The van der Waals surface area contributed by atoms with Crippen LogP contribution in [0.25, 0.3) is 11.4 Å². The minimum Gasteiger partial charge on any atom is -0.492 e. The predicted octanol–water partition coefficient (Wildman–Crippen LogP) is 0.820. The molecule has 0 saturated carbocycles. The van der Waals surface area contributed by atoms with Crippen LogP contribution in [-0.2, 0) is 7.05 Å². The lowest BCUT2D eigenvalue weighted by atomic mass is 10.2. The van der Waals surface area contributed by atoms with E-state index in [2.05, 4.69) is 10.2 Å². The summed E-state index contributed by atoms with van der Waals surface area (Å²) >= 11 is 0. The van der Waals surface area contributed by atoms with Gasteiger partial charge in [0.05, 0.1) is 0 Å². The molecule has 1 aromatic carbocycles. The van der Waals surface area contributed by atoms with Crippen LogP contribution in [0, 0.1) is 0 Å². The van der Waals surface area contributed by atoms with Gasteiger partial charge in [-0.2, -0.15) is 0 Å². The zero-order valence-corrected chi connectivity index (χ0v) is 9.13. The summed E-state index contributed by atoms with van der Waals surface area (Å²) in [5, 5.41) is 7.87. The zero-order valence-electron chi connectivity index (χ0n) is 9.13. The summed E-state index contributed by atoms with van der Waals surface area (Å²) in [5.41, 5.74) is 6.37. The minimum absolute atomic E-state index is 0.519. The van der Waals surface area contributed by atoms with Crippen molar-refractivity contribution in [2.45, 2.75) is 0 Å². The van der Waals surface area contributed by atoms with Gasteiger partial charge in [0.2, 0.25) is 0 Å². The maximum Gasteiger partial charge on any atom is 0.163 e. The maximum absolute atomic E-state index is 5.39. The number of aromatic nitrogens is 3. The molecule has 0 radical (unpaired) electrons. The van der Waals surface area contributed by atoms with Gasteiger partial charge >= 0.3 is 0 Å². The molecule has 0 bridgehead atoms. The Morgan fingerprint density at radius 1 is 1.31 bits per heavy atom. The van der Waals surface area contributed by atoms with E-state index in [1.807, 2.05) is 35.9 Å². The lowest BCUT2D eigenvalue weighted by Crippen LogP contribution is -2.10. The molecule has 84 valence electrons. The second-order valence-electron chi connectivity index (χ2n) is 3.43. The van der Waals surface area contributed by atoms with Gasteiger partial charge in [0.15, 0.2) is 5.82 Å². The average molecular weight is 218 g/mol. The molecule has 0 amide bonds. The number of aryl methyl sites for hydroxylation is 1. The molecule has 2 rings (SSSR count). The molecule has 0 saturated heterocycles. The number of nitrogens with two attached hydrogens (primary N) is 1. The molecule has 16 heavy (non-hydrogen) atoms. The van der Waals surface area contributed by atoms with Crippen LogP contribution in [0.15, 0.2) is 30.6 Å². The number of nitrogens with zero attached hydrogens (tertiary/aromatic N) is 3. The summed E-state index contributed by atoms with van der Waals surface area (Å²) in [7, 11) is 1.91. The molecule has 2 N–H and O–H groups in total. The third kappa shape index (κ3) is 2.20. The Kier molecular flexibility index (Phi) is 3.16. The number of hydrogen-bond donors (Lipinski definition) is 1. The Bertz CT molecular complexity index is 449. The van der Waals surface area contributed by atoms with Gasteiger partial charge in [-0.05, 0) is 24.3 Å². The zero-order chi connectivity index (χ0) is 11.4. The molecule has 0 spiro atoms. The molecule has 0 aliphatic rings. The Morgan fingerprint density at radius 3 is 2.62 bits per heavy atom. The fourth-order valence-corrected chi connectivity index (χ4v) is 1.42. The molecule has 2 aromatic rings. The molecular weight excluding hydrogens is 204 g/mol. The van der Waals surface area contributed by atoms with Gasteiger partial charge in [-0.1, -0.05) is 0 Å². The smallest absolute Gasteiger partial charge is 0.163 e. The van der Waals surface area contributed by atoms with E-state index in [0.717, 1.165) is 17.1 Å². The first-order valence-corrected chi connectivity index (χ1v) is 5.08. The van der Waals surface area contributed by atoms with Gasteiger partial charge in [0.25, 0.3) is 0 Å². The quantitative estimate of drug-likeness (QED) is 0.825. The third-order valence-electron chi connectivity index (χ3n) is 2.21. The van der Waals surface area contributed by atoms with Crippen LogP contribution in [0.1, 0.15) is 0 Å². The van der Waals surface area contributed by atoms with Gasteiger partial charge in [-0.15, -0.1) is 10.2 Å². The van der Waals surface area contributed by atoms with Crippen molar-refractivity contribution < 1.29 is 4.74 Å². The highest BCUT2D eigenvalue weighted by Gasteiger charge is 2.03. The van der Waals surface area contributed by atoms with Gasteiger partial charge in [0.1, 0.15) is 18.7 Å². The fraction of sp³-hybridized carbons (Fsp3) is 0.273. The number of benzene rings is 1. The summed E-state index contributed by atoms with van der Waals surface area (Å²) in [6.07, 6.45) is 1.67. The molecule has 1 aromatic heterocycles. The molecule has 5 nitrogen and oxygen atoms in total. The number of hydrogen-bond acceptors (Lipinski definition) is 4. The van der Waals surface area contributed by atoms with Crippen molar-refractivity contribution in [2.24, 2.45) is 12.8 Å². The molecule has 0 atom stereocenters. The van der Waals surface area contributed by atoms with Gasteiger partial charge in [0, 0.05) is 19.2 Å². The first kappa shape index (κ1) is 10.6. The standard InChI is InChI=1S/C11H14N4O/c1-15-8-13-14-11(15)9-2-4-10(5-3-9)16-7-6-12/h2-5,8H,6-7,12H2,1H3. The van der Waals surface area contributed by atoms with Crippen molar-refractivity contribution in [3.8, 4) is 17.1 Å². The predicted molar refractivity (Wildman–Crippen MR) is 61.0 cm³/mol. The van der Waals surface area contributed by atoms with Crippen LogP contribution in [0.5, 0.6) is 5.75 Å². The lowest BCUT2D eigenvalue weighted by molar-refractivity contribution is 0.328. The second kappa shape index (κ2) is 4.76. The summed E-state index contributed by atoms with van der Waals surface area (Å²) in [6, 6.07) is 7.71. The number of rotatable bonds is 4. The Labute approximate surface area is 93.9 Å². The van der Waals surface area contributed by atoms with Crippen molar-refractivity contribution in [1.29, 1.82) is 0 Å². The van der Waals surface area contributed by atoms with Crippen molar-refractivity contribution >= 4 is 0 Å². The van der Waals surface area contributed by atoms with Crippen molar-refractivity contribution in [1.82, 2.24) is 14.8 Å². The van der Waals surface area contributed by atoms with Crippen molar-refractivity contribution in [2.75, 3.05) is 13.2 Å². The van der Waals surface area contributed by atoms with E-state index in [-0.39, 0.29) is 0 Å². The third-order valence-corrected chi connectivity index (χ3v) is 2.21.